The Kier molecular flexibility index (Phi) is 3.17. The van der Waals surface area contributed by atoms with Gasteiger partial charge in [-0.2, -0.15) is 13.2 Å². The highest BCUT2D eigenvalue weighted by Gasteiger charge is 2.39. The van der Waals surface area contributed by atoms with E-state index < -0.39 is 12.1 Å². The van der Waals surface area contributed by atoms with Gasteiger partial charge < -0.3 is 0 Å². The molecule has 0 N–H and O–H groups in total. The van der Waals surface area contributed by atoms with Gasteiger partial charge in [-0.1, -0.05) is 23.8 Å². The lowest BCUT2D eigenvalue weighted by molar-refractivity contribution is -0.176. The second kappa shape index (κ2) is 3.99. The van der Waals surface area contributed by atoms with Crippen LogP contribution in [0.25, 0.3) is 0 Å². The van der Waals surface area contributed by atoms with Crippen LogP contribution in [0.5, 0.6) is 0 Å². The largest absolute Gasteiger partial charge is 0.392 e. The zero-order valence-electron chi connectivity index (χ0n) is 7.56. The highest BCUT2D eigenvalue weighted by atomic mass is 19.4. The number of rotatable bonds is 1. The molecule has 1 atom stereocenters. The first-order valence-electron chi connectivity index (χ1n) is 4.42. The molecule has 0 saturated carbocycles. The van der Waals surface area contributed by atoms with Crippen molar-refractivity contribution in [2.45, 2.75) is 32.4 Å². The van der Waals surface area contributed by atoms with Crippen molar-refractivity contribution in [2.24, 2.45) is 5.92 Å². The van der Waals surface area contributed by atoms with E-state index in [0.29, 0.717) is 6.42 Å². The molecule has 0 aliphatic heterocycles. The topological polar surface area (TPSA) is 0 Å². The van der Waals surface area contributed by atoms with Crippen molar-refractivity contribution < 1.29 is 13.2 Å². The number of halogens is 3. The predicted octanol–water partition coefficient (Wildman–Crippen LogP) is 3.85. The van der Waals surface area contributed by atoms with Crippen molar-refractivity contribution in [1.29, 1.82) is 0 Å². The Bertz CT molecular complexity index is 223. The summed E-state index contributed by atoms with van der Waals surface area (Å²) in [5.41, 5.74) is 1.03. The minimum Gasteiger partial charge on any atom is -0.171 e. The summed E-state index contributed by atoms with van der Waals surface area (Å²) in [5.74, 6) is -1.12. The summed E-state index contributed by atoms with van der Waals surface area (Å²) in [4.78, 5) is 0. The third kappa shape index (κ3) is 2.90. The summed E-state index contributed by atoms with van der Waals surface area (Å²) < 4.78 is 36.6. The van der Waals surface area contributed by atoms with Crippen LogP contribution < -0.4 is 0 Å². The molecule has 74 valence electrons. The van der Waals surface area contributed by atoms with E-state index >= 15 is 0 Å². The summed E-state index contributed by atoms with van der Waals surface area (Å²) in [5, 5.41) is 0. The highest BCUT2D eigenvalue weighted by Crippen LogP contribution is 2.36. The van der Waals surface area contributed by atoms with Gasteiger partial charge in [-0.25, -0.2) is 0 Å². The van der Waals surface area contributed by atoms with Crippen molar-refractivity contribution in [3.05, 3.63) is 23.8 Å². The van der Waals surface area contributed by atoms with Crippen molar-refractivity contribution in [1.82, 2.24) is 0 Å². The Morgan fingerprint density at radius 1 is 1.46 bits per heavy atom. The summed E-state index contributed by atoms with van der Waals surface area (Å²) in [6.45, 7) is 1.87. The van der Waals surface area contributed by atoms with E-state index in [4.69, 9.17) is 0 Å². The van der Waals surface area contributed by atoms with Crippen LogP contribution in [-0.4, -0.2) is 6.18 Å². The number of hydrogen-bond acceptors (Lipinski definition) is 0. The molecule has 1 aliphatic rings. The van der Waals surface area contributed by atoms with Crippen molar-refractivity contribution in [2.75, 3.05) is 0 Å². The predicted molar refractivity (Wildman–Crippen MR) is 46.3 cm³/mol. The molecule has 1 rings (SSSR count). The summed E-state index contributed by atoms with van der Waals surface area (Å²) in [7, 11) is 0. The molecule has 0 nitrogen and oxygen atoms in total. The van der Waals surface area contributed by atoms with Crippen molar-refractivity contribution >= 4 is 0 Å². The van der Waals surface area contributed by atoms with Crippen LogP contribution in [0.15, 0.2) is 23.8 Å². The van der Waals surface area contributed by atoms with Crippen LogP contribution >= 0.6 is 0 Å². The van der Waals surface area contributed by atoms with Gasteiger partial charge in [0.25, 0.3) is 0 Å². The van der Waals surface area contributed by atoms with Crippen LogP contribution in [0, 0.1) is 5.92 Å². The molecule has 0 aromatic heterocycles. The number of allylic oxidation sites excluding steroid dienone is 4. The lowest BCUT2D eigenvalue weighted by atomic mass is 9.89. The molecule has 13 heavy (non-hydrogen) atoms. The van der Waals surface area contributed by atoms with Gasteiger partial charge in [-0.05, 0) is 26.2 Å². The Morgan fingerprint density at radius 3 is 2.54 bits per heavy atom. The van der Waals surface area contributed by atoms with Crippen molar-refractivity contribution in [3.63, 3.8) is 0 Å². The normalized spacial score (nSPS) is 24.9. The maximum Gasteiger partial charge on any atom is 0.392 e. The Morgan fingerprint density at radius 2 is 2.15 bits per heavy atom. The van der Waals surface area contributed by atoms with Crippen LogP contribution in [0.2, 0.25) is 0 Å². The van der Waals surface area contributed by atoms with E-state index in [-0.39, 0.29) is 12.8 Å². The lowest BCUT2D eigenvalue weighted by Crippen LogP contribution is -2.24. The molecular weight excluding hydrogens is 177 g/mol. The molecule has 0 aromatic rings. The maximum absolute atomic E-state index is 12.2. The zero-order valence-corrected chi connectivity index (χ0v) is 7.56. The first-order chi connectivity index (χ1) is 6.04. The summed E-state index contributed by atoms with van der Waals surface area (Å²) >= 11 is 0. The van der Waals surface area contributed by atoms with Crippen LogP contribution in [-0.2, 0) is 0 Å². The number of hydrogen-bond donors (Lipinski definition) is 0. The van der Waals surface area contributed by atoms with E-state index in [1.54, 1.807) is 6.08 Å². The van der Waals surface area contributed by atoms with Crippen LogP contribution in [0.4, 0.5) is 13.2 Å². The molecule has 1 aliphatic carbocycles. The van der Waals surface area contributed by atoms with Gasteiger partial charge in [-0.3, -0.25) is 0 Å². The molecule has 0 bridgehead atoms. The van der Waals surface area contributed by atoms with E-state index in [1.165, 1.54) is 0 Å². The average molecular weight is 190 g/mol. The van der Waals surface area contributed by atoms with Gasteiger partial charge in [0, 0.05) is 0 Å². The van der Waals surface area contributed by atoms with Gasteiger partial charge in [0.05, 0.1) is 5.92 Å². The standard InChI is InChI=1S/C10H13F3/c1-2-3-8-4-6-9(7-5-8)10(11,12)13/h2-4,9H,5-7H2,1H3/b3-2+. The highest BCUT2D eigenvalue weighted by molar-refractivity contribution is 5.20. The van der Waals surface area contributed by atoms with Crippen LogP contribution in [0.3, 0.4) is 0 Å². The minimum absolute atomic E-state index is 0.142. The van der Waals surface area contributed by atoms with Gasteiger partial charge >= 0.3 is 6.18 Å². The summed E-state index contributed by atoms with van der Waals surface area (Å²) in [6, 6.07) is 0. The first-order valence-corrected chi connectivity index (χ1v) is 4.42. The van der Waals surface area contributed by atoms with Crippen LogP contribution in [0.1, 0.15) is 26.2 Å². The second-order valence-corrected chi connectivity index (χ2v) is 3.29. The van der Waals surface area contributed by atoms with E-state index in [1.807, 2.05) is 19.1 Å². The molecule has 0 aromatic carbocycles. The van der Waals surface area contributed by atoms with E-state index in [0.717, 1.165) is 5.57 Å². The minimum atomic E-state index is -4.02. The quantitative estimate of drug-likeness (QED) is 0.589. The third-order valence-corrected chi connectivity index (χ3v) is 2.29. The third-order valence-electron chi connectivity index (χ3n) is 2.29. The molecule has 0 radical (unpaired) electrons. The molecule has 1 unspecified atom stereocenters. The fraction of sp³-hybridized carbons (Fsp3) is 0.600. The van der Waals surface area contributed by atoms with Gasteiger partial charge in [0.2, 0.25) is 0 Å². The number of alkyl halides is 3. The van der Waals surface area contributed by atoms with Gasteiger partial charge in [0.1, 0.15) is 0 Å². The van der Waals surface area contributed by atoms with Gasteiger partial charge in [0.15, 0.2) is 0 Å². The molecule has 0 spiro atoms. The lowest BCUT2D eigenvalue weighted by Gasteiger charge is -2.22. The Balaban J connectivity index is 2.56. The average Bonchev–Trinajstić information content (AvgIpc) is 2.04. The summed E-state index contributed by atoms with van der Waals surface area (Å²) in [6.07, 6.45) is 2.35. The molecular formula is C10H13F3. The molecule has 0 amide bonds. The molecule has 0 saturated heterocycles. The maximum atomic E-state index is 12.2. The monoisotopic (exact) mass is 190 g/mol. The SMILES string of the molecule is C/C=C/C1=CCC(C(F)(F)F)CC1. The van der Waals surface area contributed by atoms with E-state index in [9.17, 15) is 13.2 Å². The molecule has 0 heterocycles. The van der Waals surface area contributed by atoms with Crippen molar-refractivity contribution in [3.8, 4) is 0 Å². The van der Waals surface area contributed by atoms with Gasteiger partial charge in [-0.15, -0.1) is 0 Å². The molecule has 3 heteroatoms. The fourth-order valence-electron chi connectivity index (χ4n) is 1.52. The Hall–Kier alpha value is -0.730. The fourth-order valence-corrected chi connectivity index (χ4v) is 1.52. The zero-order chi connectivity index (χ0) is 9.90. The molecule has 0 fully saturated rings. The Labute approximate surface area is 76.1 Å². The first kappa shape index (κ1) is 10.4. The smallest absolute Gasteiger partial charge is 0.171 e. The van der Waals surface area contributed by atoms with E-state index in [2.05, 4.69) is 0 Å². The second-order valence-electron chi connectivity index (χ2n) is 3.29.